The number of imide groups is 1. The Hall–Kier alpha value is -4.67. The van der Waals surface area contributed by atoms with E-state index in [4.69, 9.17) is 0 Å². The van der Waals surface area contributed by atoms with Gasteiger partial charge in [-0.15, -0.1) is 0 Å². The zero-order chi connectivity index (χ0) is 30.7. The minimum Gasteiger partial charge on any atom is -0.508 e. The number of aliphatic hydroxyl groups is 2. The maximum absolute atomic E-state index is 13.7. The molecule has 5 rings (SSSR count). The lowest BCUT2D eigenvalue weighted by molar-refractivity contribution is -0.384. The normalized spacial score (nSPS) is 21.2. The smallest absolute Gasteiger partial charge is 0.271 e. The number of carbonyl (C=O) groups is 2. The number of amides is 2. The van der Waals surface area contributed by atoms with E-state index in [1.54, 1.807) is 30.5 Å². The summed E-state index contributed by atoms with van der Waals surface area (Å²) in [5, 5.41) is 43.2. The van der Waals surface area contributed by atoms with Crippen LogP contribution >= 0.6 is 0 Å². The first kappa shape index (κ1) is 29.8. The first-order valence-corrected chi connectivity index (χ1v) is 14.3. The number of pyridine rings is 1. The minimum absolute atomic E-state index is 0.120. The molecule has 2 amide bonds. The van der Waals surface area contributed by atoms with Gasteiger partial charge in [-0.3, -0.25) is 24.7 Å². The second-order valence-electron chi connectivity index (χ2n) is 10.9. The van der Waals surface area contributed by atoms with Crippen molar-refractivity contribution in [1.29, 1.82) is 0 Å². The van der Waals surface area contributed by atoms with Crippen LogP contribution < -0.4 is 4.90 Å². The van der Waals surface area contributed by atoms with Crippen LogP contribution in [0.3, 0.4) is 0 Å². The van der Waals surface area contributed by atoms with Crippen molar-refractivity contribution in [3.8, 4) is 5.75 Å². The Labute approximate surface area is 248 Å². The van der Waals surface area contributed by atoms with Gasteiger partial charge in [0, 0.05) is 24.2 Å². The molecule has 10 nitrogen and oxygen atoms in total. The third-order valence-electron chi connectivity index (χ3n) is 8.38. The molecule has 1 saturated heterocycles. The van der Waals surface area contributed by atoms with E-state index in [1.165, 1.54) is 24.3 Å². The zero-order valence-electron chi connectivity index (χ0n) is 23.7. The lowest BCUT2D eigenvalue weighted by Crippen LogP contribution is -2.39. The second-order valence-corrected chi connectivity index (χ2v) is 10.9. The van der Waals surface area contributed by atoms with Crippen LogP contribution in [0.4, 0.5) is 11.4 Å². The fourth-order valence-electron chi connectivity index (χ4n) is 6.34. The molecule has 3 aromatic rings. The molecule has 10 heteroatoms. The molecule has 0 bridgehead atoms. The van der Waals surface area contributed by atoms with Crippen LogP contribution in [0, 0.1) is 27.9 Å². The summed E-state index contributed by atoms with van der Waals surface area (Å²) in [6, 6.07) is 17.7. The Bertz CT molecular complexity index is 1580. The second kappa shape index (κ2) is 12.7. The van der Waals surface area contributed by atoms with Gasteiger partial charge in [-0.25, -0.2) is 4.90 Å². The molecule has 43 heavy (non-hydrogen) atoms. The summed E-state index contributed by atoms with van der Waals surface area (Å²) in [5.41, 5.74) is 3.75. The number of non-ortho nitro benzene ring substituents is 1. The van der Waals surface area contributed by atoms with Gasteiger partial charge in [0.25, 0.3) is 5.69 Å². The summed E-state index contributed by atoms with van der Waals surface area (Å²) in [5.74, 6) is -3.23. The number of hydrogen-bond acceptors (Lipinski definition) is 8. The Morgan fingerprint density at radius 2 is 1.88 bits per heavy atom. The van der Waals surface area contributed by atoms with Gasteiger partial charge < -0.3 is 15.3 Å². The Morgan fingerprint density at radius 3 is 2.53 bits per heavy atom. The molecule has 1 aliphatic heterocycles. The summed E-state index contributed by atoms with van der Waals surface area (Å²) in [4.78, 5) is 43.5. The Kier molecular flexibility index (Phi) is 8.79. The number of aromatic hydroxyl groups is 1. The van der Waals surface area contributed by atoms with E-state index in [1.807, 2.05) is 31.2 Å². The highest BCUT2D eigenvalue weighted by Crippen LogP contribution is 2.48. The van der Waals surface area contributed by atoms with Crippen molar-refractivity contribution in [3.63, 3.8) is 0 Å². The van der Waals surface area contributed by atoms with E-state index in [0.717, 1.165) is 27.3 Å². The Morgan fingerprint density at radius 1 is 1.12 bits per heavy atom. The van der Waals surface area contributed by atoms with Crippen molar-refractivity contribution in [2.45, 2.75) is 38.7 Å². The third-order valence-corrected chi connectivity index (χ3v) is 8.38. The highest BCUT2D eigenvalue weighted by molar-refractivity contribution is 6.22. The maximum atomic E-state index is 13.7. The highest BCUT2D eigenvalue weighted by atomic mass is 16.6. The number of nitrogens with zero attached hydrogens (tertiary/aromatic N) is 3. The number of aromatic nitrogens is 1. The fourth-order valence-corrected chi connectivity index (χ4v) is 6.34. The lowest BCUT2D eigenvalue weighted by atomic mass is 9.67. The van der Waals surface area contributed by atoms with Gasteiger partial charge in [-0.2, -0.15) is 0 Å². The van der Waals surface area contributed by atoms with E-state index >= 15 is 0 Å². The number of carbonyl (C=O) groups excluding carboxylic acids is 2. The minimum atomic E-state index is -0.991. The van der Waals surface area contributed by atoms with Gasteiger partial charge in [0.15, 0.2) is 0 Å². The molecular weight excluding hydrogens is 550 g/mol. The average Bonchev–Trinajstić information content (AvgIpc) is 3.28. The van der Waals surface area contributed by atoms with Gasteiger partial charge in [0.2, 0.25) is 11.8 Å². The number of hydrogen-bond donors (Lipinski definition) is 3. The van der Waals surface area contributed by atoms with Gasteiger partial charge in [-0.05, 0) is 78.8 Å². The number of fused-ring (bicyclic) bond motifs is 1. The molecule has 2 aliphatic rings. The first-order valence-electron chi connectivity index (χ1n) is 14.3. The molecule has 0 spiro atoms. The summed E-state index contributed by atoms with van der Waals surface area (Å²) >= 11 is 0. The number of phenols is 1. The van der Waals surface area contributed by atoms with E-state index < -0.39 is 47.2 Å². The lowest BCUT2D eigenvalue weighted by Gasteiger charge is -2.36. The van der Waals surface area contributed by atoms with Crippen molar-refractivity contribution in [1.82, 2.24) is 4.98 Å². The quantitative estimate of drug-likeness (QED) is 0.132. The van der Waals surface area contributed by atoms with Gasteiger partial charge >= 0.3 is 0 Å². The van der Waals surface area contributed by atoms with Crippen LogP contribution in [0.5, 0.6) is 5.75 Å². The molecule has 1 aromatic heterocycles. The van der Waals surface area contributed by atoms with E-state index in [9.17, 15) is 35.0 Å². The molecular formula is C33H33N3O7. The van der Waals surface area contributed by atoms with E-state index in [-0.39, 0.29) is 30.0 Å². The average molecular weight is 584 g/mol. The predicted octanol–water partition coefficient (Wildman–Crippen LogP) is 4.90. The summed E-state index contributed by atoms with van der Waals surface area (Å²) < 4.78 is 0. The molecule has 0 saturated carbocycles. The molecule has 222 valence electrons. The number of nitro groups is 1. The van der Waals surface area contributed by atoms with Crippen LogP contribution in [0.2, 0.25) is 0 Å². The van der Waals surface area contributed by atoms with Gasteiger partial charge in [-0.1, -0.05) is 36.8 Å². The molecule has 3 N–H and O–H groups in total. The number of nitro benzene ring substituents is 1. The zero-order valence-corrected chi connectivity index (χ0v) is 23.7. The number of allylic oxidation sites excluding steroid dienone is 2. The van der Waals surface area contributed by atoms with Crippen LogP contribution in [-0.4, -0.2) is 49.8 Å². The monoisotopic (exact) mass is 583 g/mol. The van der Waals surface area contributed by atoms with E-state index in [2.05, 4.69) is 4.98 Å². The van der Waals surface area contributed by atoms with Crippen LogP contribution in [-0.2, 0) is 9.59 Å². The summed E-state index contributed by atoms with van der Waals surface area (Å²) in [6.45, 7) is 1.48. The van der Waals surface area contributed by atoms with Gasteiger partial charge in [0.05, 0.1) is 40.9 Å². The number of aliphatic hydroxyl groups excluding tert-OH is 2. The van der Waals surface area contributed by atoms with Crippen molar-refractivity contribution in [2.24, 2.45) is 17.8 Å². The molecule has 2 heterocycles. The molecule has 1 fully saturated rings. The molecule has 0 radical (unpaired) electrons. The third kappa shape index (κ3) is 5.97. The summed E-state index contributed by atoms with van der Waals surface area (Å²) in [6.07, 6.45) is 4.14. The molecule has 4 atom stereocenters. The predicted molar refractivity (Wildman–Crippen MR) is 161 cm³/mol. The van der Waals surface area contributed by atoms with Crippen LogP contribution in [0.25, 0.3) is 11.6 Å². The number of rotatable bonds is 10. The van der Waals surface area contributed by atoms with Crippen LogP contribution in [0.1, 0.15) is 43.9 Å². The standard InChI is InChI=1S/C33H33N3O7/c1-2-21-17-26-31(33(41)35(32(26)40)23-6-5-7-24(18-23)36(42)43)27(19-37)30(21)29(39)14-11-22(28-8-3-4-15-34-28)16-20-9-12-25(38)13-10-20/h3-10,12-13,15-16,18,26-27,29,31,37-39H,2,11,14,17,19H2,1H3/b22-16-/t26-,27+,29-,31-/m1/s1. The highest BCUT2D eigenvalue weighted by Gasteiger charge is 2.55. The van der Waals surface area contributed by atoms with Crippen LogP contribution in [0.15, 0.2) is 84.1 Å². The van der Waals surface area contributed by atoms with Crippen molar-refractivity contribution < 1.29 is 29.8 Å². The number of anilines is 1. The molecule has 1 aliphatic carbocycles. The van der Waals surface area contributed by atoms with Crippen molar-refractivity contribution in [2.75, 3.05) is 11.5 Å². The van der Waals surface area contributed by atoms with Gasteiger partial charge in [0.1, 0.15) is 5.75 Å². The first-order chi connectivity index (χ1) is 20.7. The maximum Gasteiger partial charge on any atom is 0.271 e. The van der Waals surface area contributed by atoms with Crippen molar-refractivity contribution >= 4 is 34.8 Å². The molecule has 0 unspecified atom stereocenters. The fraction of sp³-hybridized carbons (Fsp3) is 0.303. The van der Waals surface area contributed by atoms with Crippen molar-refractivity contribution in [3.05, 3.63) is 105 Å². The SMILES string of the molecule is CCC1=C([C@H](O)CC/C(=C/c2ccc(O)cc2)c2ccccn2)[C@H](CO)[C@@H]2C(=O)N(c3cccc([N+](=O)[O-])c3)C(=O)[C@@H]2C1. The Balaban J connectivity index is 1.43. The summed E-state index contributed by atoms with van der Waals surface area (Å²) in [7, 11) is 0. The number of phenolic OH excluding ortho intramolecular Hbond substituents is 1. The topological polar surface area (TPSA) is 154 Å². The largest absolute Gasteiger partial charge is 0.508 e. The number of benzene rings is 2. The molecule has 2 aromatic carbocycles. The van der Waals surface area contributed by atoms with E-state index in [0.29, 0.717) is 18.4 Å².